The highest BCUT2D eigenvalue weighted by atomic mass is 127. The first kappa shape index (κ1) is 22.3. The Morgan fingerprint density at radius 3 is 2.54 bits per heavy atom. The molecule has 0 bridgehead atoms. The summed E-state index contributed by atoms with van der Waals surface area (Å²) in [6.07, 6.45) is 0. The molecule has 0 saturated carbocycles. The molecule has 0 fully saturated rings. The standard InChI is InChI=1S/C19H28N4O2.HI/c1-6-20-19(21-12-17-11-18(14(2)3)22-25-17)23(4)13-15-7-9-16(24-5)10-8-15;/h7-11,14H,6,12-13H2,1-5H3,(H,20,21);1H. The van der Waals surface area contributed by atoms with Crippen molar-refractivity contribution in [3.8, 4) is 5.75 Å². The summed E-state index contributed by atoms with van der Waals surface area (Å²) >= 11 is 0. The summed E-state index contributed by atoms with van der Waals surface area (Å²) in [6.45, 7) is 8.27. The molecule has 0 aliphatic carbocycles. The van der Waals surface area contributed by atoms with E-state index in [2.05, 4.69) is 53.3 Å². The predicted octanol–water partition coefficient (Wildman–Crippen LogP) is 4.02. The highest BCUT2D eigenvalue weighted by Gasteiger charge is 2.10. The van der Waals surface area contributed by atoms with Gasteiger partial charge in [0, 0.05) is 26.2 Å². The van der Waals surface area contributed by atoms with Gasteiger partial charge in [-0.25, -0.2) is 4.99 Å². The Balaban J connectivity index is 0.00000338. The monoisotopic (exact) mass is 472 g/mol. The number of ether oxygens (including phenoxy) is 1. The molecule has 0 radical (unpaired) electrons. The summed E-state index contributed by atoms with van der Waals surface area (Å²) in [5.41, 5.74) is 2.15. The molecule has 0 saturated heterocycles. The Hall–Kier alpha value is -1.77. The van der Waals surface area contributed by atoms with Gasteiger partial charge in [-0.1, -0.05) is 31.1 Å². The minimum Gasteiger partial charge on any atom is -0.497 e. The van der Waals surface area contributed by atoms with Crippen LogP contribution in [0, 0.1) is 0 Å². The maximum atomic E-state index is 5.36. The van der Waals surface area contributed by atoms with E-state index in [-0.39, 0.29) is 24.0 Å². The van der Waals surface area contributed by atoms with Crippen LogP contribution in [-0.4, -0.2) is 36.7 Å². The number of rotatable bonds is 7. The maximum absolute atomic E-state index is 5.36. The van der Waals surface area contributed by atoms with Crippen molar-refractivity contribution in [3.05, 3.63) is 47.3 Å². The average molecular weight is 472 g/mol. The number of hydrogen-bond acceptors (Lipinski definition) is 4. The van der Waals surface area contributed by atoms with E-state index in [9.17, 15) is 0 Å². The smallest absolute Gasteiger partial charge is 0.194 e. The van der Waals surface area contributed by atoms with E-state index in [0.29, 0.717) is 12.5 Å². The van der Waals surface area contributed by atoms with Crippen LogP contribution < -0.4 is 10.1 Å². The molecule has 1 aromatic heterocycles. The van der Waals surface area contributed by atoms with Gasteiger partial charge in [-0.15, -0.1) is 24.0 Å². The summed E-state index contributed by atoms with van der Waals surface area (Å²) in [5, 5.41) is 7.39. The molecule has 26 heavy (non-hydrogen) atoms. The van der Waals surface area contributed by atoms with Crippen LogP contribution in [0.1, 0.15) is 43.7 Å². The number of benzene rings is 1. The van der Waals surface area contributed by atoms with Gasteiger partial charge in [-0.2, -0.15) is 0 Å². The molecule has 0 spiro atoms. The van der Waals surface area contributed by atoms with E-state index in [4.69, 9.17) is 9.26 Å². The quantitative estimate of drug-likeness (QED) is 0.375. The number of aromatic nitrogens is 1. The number of hydrogen-bond donors (Lipinski definition) is 1. The van der Waals surface area contributed by atoms with Crippen LogP contribution in [0.25, 0.3) is 0 Å². The fourth-order valence-electron chi connectivity index (χ4n) is 2.38. The van der Waals surface area contributed by atoms with Crippen molar-refractivity contribution < 1.29 is 9.26 Å². The Labute approximate surface area is 173 Å². The van der Waals surface area contributed by atoms with Gasteiger partial charge in [-0.05, 0) is 30.5 Å². The second-order valence-corrected chi connectivity index (χ2v) is 6.25. The molecule has 0 aliphatic rings. The lowest BCUT2D eigenvalue weighted by Gasteiger charge is -2.22. The summed E-state index contributed by atoms with van der Waals surface area (Å²) in [5.74, 6) is 2.82. The van der Waals surface area contributed by atoms with E-state index in [1.165, 1.54) is 5.56 Å². The van der Waals surface area contributed by atoms with Gasteiger partial charge >= 0.3 is 0 Å². The van der Waals surface area contributed by atoms with Crippen LogP contribution in [0.4, 0.5) is 0 Å². The van der Waals surface area contributed by atoms with Crippen molar-refractivity contribution in [2.24, 2.45) is 4.99 Å². The van der Waals surface area contributed by atoms with Gasteiger partial charge in [-0.3, -0.25) is 0 Å². The van der Waals surface area contributed by atoms with Crippen LogP contribution in [-0.2, 0) is 13.1 Å². The first-order valence-electron chi connectivity index (χ1n) is 8.61. The topological polar surface area (TPSA) is 62.9 Å². The molecule has 1 N–H and O–H groups in total. The maximum Gasteiger partial charge on any atom is 0.194 e. The Morgan fingerprint density at radius 2 is 2.00 bits per heavy atom. The van der Waals surface area contributed by atoms with Crippen LogP contribution in [0.5, 0.6) is 5.75 Å². The minimum atomic E-state index is 0. The third kappa shape index (κ3) is 6.51. The SMILES string of the molecule is CCNC(=NCc1cc(C(C)C)no1)N(C)Cc1ccc(OC)cc1.I. The first-order chi connectivity index (χ1) is 12.0. The van der Waals surface area contributed by atoms with E-state index in [0.717, 1.165) is 36.3 Å². The number of guanidine groups is 1. The minimum absolute atomic E-state index is 0. The van der Waals surface area contributed by atoms with Crippen molar-refractivity contribution >= 4 is 29.9 Å². The fourth-order valence-corrected chi connectivity index (χ4v) is 2.38. The van der Waals surface area contributed by atoms with Gasteiger partial charge in [0.05, 0.1) is 12.8 Å². The molecule has 1 aromatic carbocycles. The molecule has 144 valence electrons. The lowest BCUT2D eigenvalue weighted by atomic mass is 10.1. The van der Waals surface area contributed by atoms with Gasteiger partial charge in [0.1, 0.15) is 12.3 Å². The Bertz CT molecular complexity index is 683. The van der Waals surface area contributed by atoms with E-state index >= 15 is 0 Å². The Morgan fingerprint density at radius 1 is 1.31 bits per heavy atom. The predicted molar refractivity (Wildman–Crippen MR) is 115 cm³/mol. The highest BCUT2D eigenvalue weighted by molar-refractivity contribution is 14.0. The number of halogens is 1. The number of nitrogens with one attached hydrogen (secondary N) is 1. The summed E-state index contributed by atoms with van der Waals surface area (Å²) in [7, 11) is 3.69. The van der Waals surface area contributed by atoms with Crippen LogP contribution in [0.2, 0.25) is 0 Å². The molecule has 0 amide bonds. The molecule has 1 heterocycles. The van der Waals surface area contributed by atoms with Crippen molar-refractivity contribution in [3.63, 3.8) is 0 Å². The molecular formula is C19H29IN4O2. The summed E-state index contributed by atoms with van der Waals surface area (Å²) < 4.78 is 10.6. The number of aliphatic imine (C=N–C) groups is 1. The third-order valence-electron chi connectivity index (χ3n) is 3.83. The highest BCUT2D eigenvalue weighted by Crippen LogP contribution is 2.15. The molecule has 2 rings (SSSR count). The molecular weight excluding hydrogens is 443 g/mol. The van der Waals surface area contributed by atoms with Gasteiger partial charge < -0.3 is 19.5 Å². The first-order valence-corrected chi connectivity index (χ1v) is 8.61. The van der Waals surface area contributed by atoms with Gasteiger partial charge in [0.25, 0.3) is 0 Å². The number of nitrogens with zero attached hydrogens (tertiary/aromatic N) is 3. The Kier molecular flexibility index (Phi) is 9.47. The molecule has 7 heteroatoms. The summed E-state index contributed by atoms with van der Waals surface area (Å²) in [6, 6.07) is 10.0. The van der Waals surface area contributed by atoms with Crippen molar-refractivity contribution in [2.75, 3.05) is 20.7 Å². The van der Waals surface area contributed by atoms with Crippen LogP contribution in [0.15, 0.2) is 39.8 Å². The molecule has 0 aliphatic heterocycles. The van der Waals surface area contributed by atoms with E-state index < -0.39 is 0 Å². The molecule has 0 atom stereocenters. The lowest BCUT2D eigenvalue weighted by Crippen LogP contribution is -2.38. The van der Waals surface area contributed by atoms with Crippen LogP contribution in [0.3, 0.4) is 0 Å². The van der Waals surface area contributed by atoms with E-state index in [1.807, 2.05) is 25.2 Å². The lowest BCUT2D eigenvalue weighted by molar-refractivity contribution is 0.375. The zero-order valence-electron chi connectivity index (χ0n) is 16.2. The van der Waals surface area contributed by atoms with Crippen molar-refractivity contribution in [2.45, 2.75) is 39.8 Å². The fraction of sp³-hybridized carbons (Fsp3) is 0.474. The zero-order chi connectivity index (χ0) is 18.2. The molecule has 0 unspecified atom stereocenters. The van der Waals surface area contributed by atoms with E-state index in [1.54, 1.807) is 7.11 Å². The zero-order valence-corrected chi connectivity index (χ0v) is 18.5. The van der Waals surface area contributed by atoms with Gasteiger partial charge in [0.2, 0.25) is 0 Å². The molecule has 2 aromatic rings. The third-order valence-corrected chi connectivity index (χ3v) is 3.83. The number of methoxy groups -OCH3 is 1. The average Bonchev–Trinajstić information content (AvgIpc) is 3.08. The second-order valence-electron chi connectivity index (χ2n) is 6.25. The van der Waals surface area contributed by atoms with Crippen molar-refractivity contribution in [1.29, 1.82) is 0 Å². The van der Waals surface area contributed by atoms with Crippen LogP contribution >= 0.6 is 24.0 Å². The second kappa shape index (κ2) is 11.1. The van der Waals surface area contributed by atoms with Crippen molar-refractivity contribution in [1.82, 2.24) is 15.4 Å². The largest absolute Gasteiger partial charge is 0.497 e. The molecule has 6 nitrogen and oxygen atoms in total. The van der Waals surface area contributed by atoms with Gasteiger partial charge in [0.15, 0.2) is 11.7 Å². The summed E-state index contributed by atoms with van der Waals surface area (Å²) in [4.78, 5) is 6.75. The normalized spacial score (nSPS) is 11.2.